The average Bonchev–Trinajstić information content (AvgIpc) is 2.15. The van der Waals surface area contributed by atoms with E-state index in [1.165, 1.54) is 12.1 Å². The van der Waals surface area contributed by atoms with Crippen LogP contribution in [0.2, 0.25) is 0 Å². The van der Waals surface area contributed by atoms with Crippen molar-refractivity contribution in [2.45, 2.75) is 26.2 Å². The van der Waals surface area contributed by atoms with Crippen LogP contribution in [0.5, 0.6) is 0 Å². The van der Waals surface area contributed by atoms with Gasteiger partial charge in [-0.2, -0.15) is 8.78 Å². The van der Waals surface area contributed by atoms with Gasteiger partial charge in [-0.3, -0.25) is 9.59 Å². The lowest BCUT2D eigenvalue weighted by Gasteiger charge is -2.19. The maximum atomic E-state index is 12.6. The van der Waals surface area contributed by atoms with Crippen molar-refractivity contribution in [1.29, 1.82) is 0 Å². The average molecular weight is 226 g/mol. The van der Waals surface area contributed by atoms with Crippen LogP contribution in [0.15, 0.2) is 18.2 Å². The molecule has 0 fully saturated rings. The van der Waals surface area contributed by atoms with Crippen LogP contribution < -0.4 is 0 Å². The Labute approximate surface area is 92.3 Å². The summed E-state index contributed by atoms with van der Waals surface area (Å²) in [7, 11) is 0. The van der Waals surface area contributed by atoms with E-state index >= 15 is 0 Å². The van der Waals surface area contributed by atoms with Crippen LogP contribution in [0.25, 0.3) is 0 Å². The highest BCUT2D eigenvalue weighted by molar-refractivity contribution is 5.94. The van der Waals surface area contributed by atoms with Crippen LogP contribution in [0.3, 0.4) is 0 Å². The van der Waals surface area contributed by atoms with Crippen LogP contribution in [-0.4, -0.2) is 12.1 Å². The van der Waals surface area contributed by atoms with E-state index in [1.54, 1.807) is 0 Å². The third kappa shape index (κ3) is 2.72. The van der Waals surface area contributed by atoms with Gasteiger partial charge in [0, 0.05) is 0 Å². The highest BCUT2D eigenvalue weighted by atomic mass is 19.1. The quantitative estimate of drug-likeness (QED) is 0.725. The topological polar surface area (TPSA) is 34.1 Å². The van der Waals surface area contributed by atoms with Crippen LogP contribution in [0, 0.1) is 0 Å². The predicted molar refractivity (Wildman–Crippen MR) is 56.0 cm³/mol. The molecule has 0 aliphatic heterocycles. The summed E-state index contributed by atoms with van der Waals surface area (Å²) < 4.78 is 25.1. The summed E-state index contributed by atoms with van der Waals surface area (Å²) in [5, 5.41) is 0. The number of hydrogen-bond acceptors (Lipinski definition) is 2. The third-order valence-electron chi connectivity index (χ3n) is 2.25. The van der Waals surface area contributed by atoms with Gasteiger partial charge in [0.15, 0.2) is 0 Å². The van der Waals surface area contributed by atoms with E-state index in [4.69, 9.17) is 0 Å². The summed E-state index contributed by atoms with van der Waals surface area (Å²) in [6, 6.07) is 0.228. The molecule has 0 radical (unpaired) electrons. The lowest BCUT2D eigenvalue weighted by Crippen LogP contribution is -2.13. The molecule has 0 heterocycles. The molecule has 0 N–H and O–H groups in total. The molecule has 0 aromatic heterocycles. The second-order valence-corrected chi connectivity index (χ2v) is 4.60. The van der Waals surface area contributed by atoms with Gasteiger partial charge in [-0.25, -0.2) is 0 Å². The van der Waals surface area contributed by atoms with Gasteiger partial charge in [-0.15, -0.1) is 0 Å². The van der Waals surface area contributed by atoms with Gasteiger partial charge in [0.05, 0.1) is 11.1 Å². The normalized spacial score (nSPS) is 11.3. The molecule has 4 heteroatoms. The Morgan fingerprint density at radius 2 is 1.31 bits per heavy atom. The zero-order chi connectivity index (χ0) is 12.5. The van der Waals surface area contributed by atoms with Crippen molar-refractivity contribution in [3.8, 4) is 0 Å². The number of rotatable bonds is 2. The first-order chi connectivity index (χ1) is 7.21. The number of benzene rings is 1. The Hall–Kier alpha value is -1.58. The van der Waals surface area contributed by atoms with Crippen molar-refractivity contribution < 1.29 is 18.4 Å². The molecule has 86 valence electrons. The van der Waals surface area contributed by atoms with Gasteiger partial charge < -0.3 is 0 Å². The summed E-state index contributed by atoms with van der Waals surface area (Å²) in [4.78, 5) is 21.2. The zero-order valence-electron chi connectivity index (χ0n) is 9.30. The molecule has 2 nitrogen and oxygen atoms in total. The lowest BCUT2D eigenvalue weighted by molar-refractivity contribution is 0.0834. The minimum atomic E-state index is -1.67. The standard InChI is InChI=1S/C12H12F2O2/c1-12(2,3)9-5-7(10(13)15)4-8(6-9)11(14)16/h4-6H,1-3H3. The molecule has 0 spiro atoms. The predicted octanol–water partition coefficient (Wildman–Crippen LogP) is 3.20. The molecule has 0 unspecified atom stereocenters. The van der Waals surface area contributed by atoms with Gasteiger partial charge in [0.2, 0.25) is 0 Å². The van der Waals surface area contributed by atoms with Crippen LogP contribution in [0.1, 0.15) is 47.1 Å². The Bertz CT molecular complexity index is 413. The fourth-order valence-electron chi connectivity index (χ4n) is 1.29. The summed E-state index contributed by atoms with van der Waals surface area (Å²) >= 11 is 0. The zero-order valence-corrected chi connectivity index (χ0v) is 9.30. The Kier molecular flexibility index (Phi) is 3.21. The molecule has 0 saturated heterocycles. The molecule has 0 aliphatic carbocycles. The molecule has 1 aromatic rings. The summed E-state index contributed by atoms with van der Waals surface area (Å²) in [6.45, 7) is 5.46. The van der Waals surface area contributed by atoms with E-state index in [1.807, 2.05) is 20.8 Å². The molecule has 0 saturated carbocycles. The smallest absolute Gasteiger partial charge is 0.255 e. The van der Waals surface area contributed by atoms with Crippen molar-refractivity contribution in [1.82, 2.24) is 0 Å². The number of carbonyl (C=O) groups is 2. The first-order valence-corrected chi connectivity index (χ1v) is 4.77. The van der Waals surface area contributed by atoms with Crippen LogP contribution >= 0.6 is 0 Å². The Morgan fingerprint density at radius 3 is 1.56 bits per heavy atom. The van der Waals surface area contributed by atoms with Crippen LogP contribution in [-0.2, 0) is 5.41 Å². The van der Waals surface area contributed by atoms with E-state index < -0.39 is 17.5 Å². The van der Waals surface area contributed by atoms with Gasteiger partial charge in [0.25, 0.3) is 0 Å². The molecule has 0 amide bonds. The minimum absolute atomic E-state index is 0.298. The van der Waals surface area contributed by atoms with Crippen molar-refractivity contribution in [2.75, 3.05) is 0 Å². The summed E-state index contributed by atoms with van der Waals surface area (Å²) in [5.41, 5.74) is -0.450. The molecule has 0 aliphatic rings. The maximum absolute atomic E-state index is 12.6. The second kappa shape index (κ2) is 4.12. The number of carbonyl (C=O) groups excluding carboxylic acids is 2. The third-order valence-corrected chi connectivity index (χ3v) is 2.25. The highest BCUT2D eigenvalue weighted by Gasteiger charge is 2.19. The molecule has 0 atom stereocenters. The van der Waals surface area contributed by atoms with E-state index in [9.17, 15) is 18.4 Å². The molecular weight excluding hydrogens is 214 g/mol. The number of hydrogen-bond donors (Lipinski definition) is 0. The molecule has 0 bridgehead atoms. The Balaban J connectivity index is 3.42. The minimum Gasteiger partial charge on any atom is -0.255 e. The first kappa shape index (κ1) is 12.5. The molecule has 1 aromatic carbocycles. The maximum Gasteiger partial charge on any atom is 0.332 e. The molecule has 16 heavy (non-hydrogen) atoms. The summed E-state index contributed by atoms with van der Waals surface area (Å²) in [5.74, 6) is 0. The van der Waals surface area contributed by atoms with Crippen molar-refractivity contribution in [3.63, 3.8) is 0 Å². The van der Waals surface area contributed by atoms with Gasteiger partial charge >= 0.3 is 12.1 Å². The van der Waals surface area contributed by atoms with Crippen LogP contribution in [0.4, 0.5) is 8.78 Å². The highest BCUT2D eigenvalue weighted by Crippen LogP contribution is 2.25. The summed E-state index contributed by atoms with van der Waals surface area (Å²) in [6.07, 6.45) is 0. The van der Waals surface area contributed by atoms with Gasteiger partial charge in [0.1, 0.15) is 0 Å². The van der Waals surface area contributed by atoms with Gasteiger partial charge in [-0.1, -0.05) is 20.8 Å². The monoisotopic (exact) mass is 226 g/mol. The van der Waals surface area contributed by atoms with Crippen molar-refractivity contribution in [3.05, 3.63) is 34.9 Å². The largest absolute Gasteiger partial charge is 0.332 e. The van der Waals surface area contributed by atoms with E-state index in [-0.39, 0.29) is 11.1 Å². The van der Waals surface area contributed by atoms with E-state index in [0.29, 0.717) is 5.56 Å². The SMILES string of the molecule is CC(C)(C)c1cc(C(=O)F)cc(C(=O)F)c1. The van der Waals surface area contributed by atoms with E-state index in [0.717, 1.165) is 6.07 Å². The van der Waals surface area contributed by atoms with Gasteiger partial charge in [-0.05, 0) is 29.2 Å². The van der Waals surface area contributed by atoms with E-state index in [2.05, 4.69) is 0 Å². The number of halogens is 2. The lowest BCUT2D eigenvalue weighted by atomic mass is 9.85. The molecular formula is C12H12F2O2. The fraction of sp³-hybridized carbons (Fsp3) is 0.333. The molecule has 1 rings (SSSR count). The van der Waals surface area contributed by atoms with Crippen molar-refractivity contribution in [2.24, 2.45) is 0 Å². The first-order valence-electron chi connectivity index (χ1n) is 4.77. The Morgan fingerprint density at radius 1 is 0.938 bits per heavy atom. The van der Waals surface area contributed by atoms with Crippen molar-refractivity contribution >= 4 is 12.1 Å². The fourth-order valence-corrected chi connectivity index (χ4v) is 1.29. The second-order valence-electron chi connectivity index (χ2n) is 4.60.